The van der Waals surface area contributed by atoms with E-state index >= 15 is 0 Å². The molecule has 0 saturated heterocycles. The zero-order valence-electron chi connectivity index (χ0n) is 15.1. The number of aliphatic imine (C=N–C) groups is 1. The number of rotatable bonds is 7. The van der Waals surface area contributed by atoms with E-state index in [0.29, 0.717) is 6.54 Å². The average Bonchev–Trinajstić information content (AvgIpc) is 3.10. The summed E-state index contributed by atoms with van der Waals surface area (Å²) in [6.45, 7) is 1.51. The third kappa shape index (κ3) is 4.64. The van der Waals surface area contributed by atoms with Crippen molar-refractivity contribution in [3.05, 3.63) is 71.9 Å². The van der Waals surface area contributed by atoms with E-state index in [1.807, 2.05) is 42.5 Å². The number of nitrogens with one attached hydrogen (secondary N) is 3. The first-order valence-electron chi connectivity index (χ1n) is 8.97. The lowest BCUT2D eigenvalue weighted by molar-refractivity contribution is 0.265. The Morgan fingerprint density at radius 3 is 2.58 bits per heavy atom. The normalized spacial score (nSPS) is 12.9. The van der Waals surface area contributed by atoms with Gasteiger partial charge in [-0.1, -0.05) is 48.5 Å². The molecule has 0 aliphatic carbocycles. The molecular formula is C21H26N4O. The van der Waals surface area contributed by atoms with Gasteiger partial charge in [0.2, 0.25) is 0 Å². The maximum Gasteiger partial charge on any atom is 0.191 e. The summed E-state index contributed by atoms with van der Waals surface area (Å²) < 4.78 is 0. The topological polar surface area (TPSA) is 72.4 Å². The van der Waals surface area contributed by atoms with Crippen LogP contribution in [0.2, 0.25) is 0 Å². The van der Waals surface area contributed by atoms with E-state index in [2.05, 4.69) is 38.8 Å². The number of fused-ring (bicyclic) bond motifs is 1. The molecule has 1 atom stereocenters. The Hall–Kier alpha value is -2.79. The standard InChI is InChI=1S/C21H26N4O/c1-22-21(24-14-18(15-26)16-7-3-2-4-8-16)23-12-11-19-13-17-9-5-6-10-20(17)25-19/h2-10,13,18,25-26H,11-12,14-15H2,1H3,(H2,22,23,24). The molecule has 0 bridgehead atoms. The minimum atomic E-state index is 0.0449. The first-order valence-corrected chi connectivity index (χ1v) is 8.97. The Balaban J connectivity index is 1.48. The number of nitrogens with zero attached hydrogens (tertiary/aromatic N) is 1. The van der Waals surface area contributed by atoms with Gasteiger partial charge in [0, 0.05) is 43.7 Å². The minimum Gasteiger partial charge on any atom is -0.396 e. The van der Waals surface area contributed by atoms with E-state index in [9.17, 15) is 5.11 Å². The largest absolute Gasteiger partial charge is 0.396 e. The number of guanidine groups is 1. The van der Waals surface area contributed by atoms with Gasteiger partial charge in [-0.15, -0.1) is 0 Å². The summed E-state index contributed by atoms with van der Waals surface area (Å²) in [7, 11) is 1.76. The number of H-pyrrole nitrogens is 1. The van der Waals surface area contributed by atoms with Crippen LogP contribution < -0.4 is 10.6 Å². The van der Waals surface area contributed by atoms with Gasteiger partial charge >= 0.3 is 0 Å². The number of benzene rings is 2. The number of aliphatic hydroxyl groups excluding tert-OH is 1. The molecule has 4 N–H and O–H groups in total. The van der Waals surface area contributed by atoms with Gasteiger partial charge < -0.3 is 20.7 Å². The number of hydrogen-bond donors (Lipinski definition) is 4. The second-order valence-corrected chi connectivity index (χ2v) is 6.30. The highest BCUT2D eigenvalue weighted by Crippen LogP contribution is 2.15. The van der Waals surface area contributed by atoms with E-state index in [4.69, 9.17) is 0 Å². The second kappa shape index (κ2) is 9.06. The second-order valence-electron chi connectivity index (χ2n) is 6.30. The molecule has 2 aromatic carbocycles. The van der Waals surface area contributed by atoms with Crippen LogP contribution in [0.3, 0.4) is 0 Å². The van der Waals surface area contributed by atoms with Crippen molar-refractivity contribution in [1.82, 2.24) is 15.6 Å². The van der Waals surface area contributed by atoms with Gasteiger partial charge in [0.1, 0.15) is 0 Å². The lowest BCUT2D eigenvalue weighted by Gasteiger charge is -2.18. The van der Waals surface area contributed by atoms with Crippen LogP contribution in [-0.4, -0.2) is 42.8 Å². The molecule has 136 valence electrons. The molecule has 0 aliphatic rings. The van der Waals surface area contributed by atoms with Crippen molar-refractivity contribution in [1.29, 1.82) is 0 Å². The van der Waals surface area contributed by atoms with Gasteiger partial charge in [-0.3, -0.25) is 4.99 Å². The van der Waals surface area contributed by atoms with Gasteiger partial charge in [0.15, 0.2) is 5.96 Å². The quantitative estimate of drug-likeness (QED) is 0.391. The van der Waals surface area contributed by atoms with Gasteiger partial charge in [-0.25, -0.2) is 0 Å². The highest BCUT2D eigenvalue weighted by atomic mass is 16.3. The molecule has 3 rings (SSSR count). The van der Waals surface area contributed by atoms with Crippen molar-refractivity contribution < 1.29 is 5.11 Å². The third-order valence-corrected chi connectivity index (χ3v) is 4.50. The molecule has 0 radical (unpaired) electrons. The maximum atomic E-state index is 9.65. The number of aromatic amines is 1. The van der Waals surface area contributed by atoms with Crippen LogP contribution in [0.4, 0.5) is 0 Å². The van der Waals surface area contributed by atoms with Crippen LogP contribution in [0.15, 0.2) is 65.7 Å². The highest BCUT2D eigenvalue weighted by Gasteiger charge is 2.10. The number of para-hydroxylation sites is 1. The molecule has 0 aliphatic heterocycles. The van der Waals surface area contributed by atoms with Crippen LogP contribution >= 0.6 is 0 Å². The molecule has 1 unspecified atom stereocenters. The first kappa shape index (κ1) is 18.0. The Morgan fingerprint density at radius 2 is 1.85 bits per heavy atom. The van der Waals surface area contributed by atoms with Crippen molar-refractivity contribution in [3.63, 3.8) is 0 Å². The minimum absolute atomic E-state index is 0.0449. The van der Waals surface area contributed by atoms with Crippen LogP contribution in [0.5, 0.6) is 0 Å². The molecule has 0 amide bonds. The summed E-state index contributed by atoms with van der Waals surface area (Å²) in [5.74, 6) is 0.791. The molecule has 5 heteroatoms. The van der Waals surface area contributed by atoms with Gasteiger partial charge in [0.25, 0.3) is 0 Å². The molecule has 0 spiro atoms. The molecule has 3 aromatic rings. The van der Waals surface area contributed by atoms with Gasteiger partial charge in [0.05, 0.1) is 6.61 Å². The maximum absolute atomic E-state index is 9.65. The first-order chi connectivity index (χ1) is 12.8. The Morgan fingerprint density at radius 1 is 1.08 bits per heavy atom. The molecule has 1 aromatic heterocycles. The number of hydrogen-bond acceptors (Lipinski definition) is 2. The number of aromatic nitrogens is 1. The fourth-order valence-electron chi connectivity index (χ4n) is 3.04. The van der Waals surface area contributed by atoms with E-state index in [1.165, 1.54) is 16.6 Å². The zero-order valence-corrected chi connectivity index (χ0v) is 15.1. The lowest BCUT2D eigenvalue weighted by Crippen LogP contribution is -2.40. The van der Waals surface area contributed by atoms with Crippen molar-refractivity contribution in [2.24, 2.45) is 4.99 Å². The predicted molar refractivity (Wildman–Crippen MR) is 108 cm³/mol. The van der Waals surface area contributed by atoms with Crippen molar-refractivity contribution in [2.45, 2.75) is 12.3 Å². The SMILES string of the molecule is CN=C(NCCc1cc2ccccc2[nH]1)NCC(CO)c1ccccc1. The smallest absolute Gasteiger partial charge is 0.191 e. The van der Waals surface area contributed by atoms with Crippen molar-refractivity contribution >= 4 is 16.9 Å². The van der Waals surface area contributed by atoms with E-state index in [1.54, 1.807) is 7.05 Å². The summed E-state index contributed by atoms with van der Waals surface area (Å²) in [4.78, 5) is 7.70. The fraction of sp³-hybridized carbons (Fsp3) is 0.286. The summed E-state index contributed by atoms with van der Waals surface area (Å²) in [5.41, 5.74) is 3.49. The fourth-order valence-corrected chi connectivity index (χ4v) is 3.04. The Kier molecular flexibility index (Phi) is 6.28. The van der Waals surface area contributed by atoms with Crippen LogP contribution in [0.1, 0.15) is 17.2 Å². The molecule has 0 saturated carbocycles. The monoisotopic (exact) mass is 350 g/mol. The molecule has 0 fully saturated rings. The van der Waals surface area contributed by atoms with Crippen LogP contribution in [0, 0.1) is 0 Å². The molecular weight excluding hydrogens is 324 g/mol. The zero-order chi connectivity index (χ0) is 18.2. The van der Waals surface area contributed by atoms with Gasteiger partial charge in [-0.05, 0) is 23.1 Å². The van der Waals surface area contributed by atoms with Crippen LogP contribution in [0.25, 0.3) is 10.9 Å². The van der Waals surface area contributed by atoms with E-state index < -0.39 is 0 Å². The summed E-state index contributed by atoms with van der Waals surface area (Å²) >= 11 is 0. The van der Waals surface area contributed by atoms with E-state index in [-0.39, 0.29) is 12.5 Å². The Bertz CT molecular complexity index is 808. The van der Waals surface area contributed by atoms with E-state index in [0.717, 1.165) is 24.5 Å². The third-order valence-electron chi connectivity index (χ3n) is 4.50. The predicted octanol–water partition coefficient (Wildman–Crippen LogP) is 2.65. The summed E-state index contributed by atoms with van der Waals surface area (Å²) in [6, 6.07) is 20.5. The average molecular weight is 350 g/mol. The van der Waals surface area contributed by atoms with Crippen LogP contribution in [-0.2, 0) is 6.42 Å². The number of aliphatic hydroxyl groups is 1. The molecule has 5 nitrogen and oxygen atoms in total. The highest BCUT2D eigenvalue weighted by molar-refractivity contribution is 5.81. The van der Waals surface area contributed by atoms with Crippen molar-refractivity contribution in [3.8, 4) is 0 Å². The molecule has 26 heavy (non-hydrogen) atoms. The van der Waals surface area contributed by atoms with Gasteiger partial charge in [-0.2, -0.15) is 0 Å². The summed E-state index contributed by atoms with van der Waals surface area (Å²) in [5, 5.41) is 17.5. The summed E-state index contributed by atoms with van der Waals surface area (Å²) in [6.07, 6.45) is 0.886. The Labute approximate surface area is 154 Å². The van der Waals surface area contributed by atoms with Crippen molar-refractivity contribution in [2.75, 3.05) is 26.7 Å². The lowest BCUT2D eigenvalue weighted by atomic mass is 10.0. The molecule has 1 heterocycles.